The Morgan fingerprint density at radius 2 is 1.64 bits per heavy atom. The topological polar surface area (TPSA) is 27.7 Å². The van der Waals surface area contributed by atoms with Crippen molar-refractivity contribution in [2.24, 2.45) is 5.41 Å². The van der Waals surface area contributed by atoms with E-state index < -0.39 is 5.97 Å². The van der Waals surface area contributed by atoms with E-state index in [-0.39, 0.29) is 5.41 Å². The molecule has 3 nitrogen and oxygen atoms in total. The van der Waals surface area contributed by atoms with Gasteiger partial charge in [0, 0.05) is 12.5 Å². The van der Waals surface area contributed by atoms with E-state index in [2.05, 4.69) is 0 Å². The Hall–Kier alpha value is -0.120. The molecule has 0 saturated carbocycles. The molecule has 66 valence electrons. The molecule has 0 atom stereocenters. The summed E-state index contributed by atoms with van der Waals surface area (Å²) in [5.74, 6) is -0.826. The maximum Gasteiger partial charge on any atom is 0.287 e. The fourth-order valence-electron chi connectivity index (χ4n) is 1.25. The van der Waals surface area contributed by atoms with Crippen LogP contribution >= 0.6 is 0 Å². The molecule has 0 aromatic carbocycles. The largest absolute Gasteiger partial charge is 0.330 e. The third kappa shape index (κ3) is 1.41. The first-order valence-electron chi connectivity index (χ1n) is 3.85. The predicted molar refractivity (Wildman–Crippen MR) is 41.1 cm³/mol. The van der Waals surface area contributed by atoms with E-state index in [4.69, 9.17) is 14.2 Å². The number of rotatable bonds is 1. The Bertz CT molecular complexity index is 131. The molecule has 0 aromatic rings. The van der Waals surface area contributed by atoms with E-state index in [9.17, 15) is 0 Å². The molecule has 0 radical (unpaired) electrons. The van der Waals surface area contributed by atoms with Crippen molar-refractivity contribution in [1.29, 1.82) is 0 Å². The maximum absolute atomic E-state index is 5.41. The van der Waals surface area contributed by atoms with Crippen LogP contribution in [0.3, 0.4) is 0 Å². The van der Waals surface area contributed by atoms with Gasteiger partial charge in [-0.2, -0.15) is 0 Å². The molecule has 3 heteroatoms. The molecule has 0 N–H and O–H groups in total. The van der Waals surface area contributed by atoms with Crippen molar-refractivity contribution < 1.29 is 14.2 Å². The highest BCUT2D eigenvalue weighted by molar-refractivity contribution is 4.78. The van der Waals surface area contributed by atoms with Crippen molar-refractivity contribution in [3.05, 3.63) is 0 Å². The first-order chi connectivity index (χ1) is 5.02. The summed E-state index contributed by atoms with van der Waals surface area (Å²) in [6.45, 7) is 7.32. The lowest BCUT2D eigenvalue weighted by Gasteiger charge is -2.37. The first kappa shape index (κ1) is 8.97. The van der Waals surface area contributed by atoms with E-state index in [1.54, 1.807) is 7.11 Å². The summed E-state index contributed by atoms with van der Waals surface area (Å²) >= 11 is 0. The van der Waals surface area contributed by atoms with Gasteiger partial charge in [0.2, 0.25) is 0 Å². The van der Waals surface area contributed by atoms with Crippen LogP contribution in [0.1, 0.15) is 20.8 Å². The zero-order valence-electron chi connectivity index (χ0n) is 7.64. The normalized spacial score (nSPS) is 24.0. The van der Waals surface area contributed by atoms with Crippen molar-refractivity contribution in [2.45, 2.75) is 26.7 Å². The zero-order valence-corrected chi connectivity index (χ0v) is 7.64. The van der Waals surface area contributed by atoms with Crippen molar-refractivity contribution in [1.82, 2.24) is 0 Å². The lowest BCUT2D eigenvalue weighted by molar-refractivity contribution is -0.368. The fraction of sp³-hybridized carbons (Fsp3) is 1.00. The smallest absolute Gasteiger partial charge is 0.287 e. The van der Waals surface area contributed by atoms with E-state index in [0.717, 1.165) is 0 Å². The zero-order chi connectivity index (χ0) is 8.54. The highest BCUT2D eigenvalue weighted by atomic mass is 16.9. The molecule has 0 amide bonds. The Morgan fingerprint density at radius 1 is 1.18 bits per heavy atom. The Morgan fingerprint density at radius 3 is 1.82 bits per heavy atom. The molecular weight excluding hydrogens is 144 g/mol. The predicted octanol–water partition coefficient (Wildman–Crippen LogP) is 1.38. The Labute approximate surface area is 67.6 Å². The van der Waals surface area contributed by atoms with Crippen molar-refractivity contribution in [2.75, 3.05) is 20.3 Å². The average Bonchev–Trinajstić information content (AvgIpc) is 2.33. The van der Waals surface area contributed by atoms with Gasteiger partial charge in [0.15, 0.2) is 0 Å². The molecular formula is C8H16O3. The van der Waals surface area contributed by atoms with Gasteiger partial charge in [-0.1, -0.05) is 20.8 Å². The van der Waals surface area contributed by atoms with Crippen LogP contribution in [-0.4, -0.2) is 26.3 Å². The minimum Gasteiger partial charge on any atom is -0.330 e. The second-order valence-electron chi connectivity index (χ2n) is 3.71. The standard InChI is InChI=1S/C8H16O3/c1-7(2,3)8(9-4)10-5-6-11-8/h5-6H2,1-4H3. The van der Waals surface area contributed by atoms with E-state index in [1.165, 1.54) is 0 Å². The molecule has 11 heavy (non-hydrogen) atoms. The summed E-state index contributed by atoms with van der Waals surface area (Å²) in [4.78, 5) is 0. The molecule has 1 aliphatic rings. The Kier molecular flexibility index (Phi) is 2.23. The van der Waals surface area contributed by atoms with Gasteiger partial charge in [-0.05, 0) is 0 Å². The average molecular weight is 160 g/mol. The Balaban J connectivity index is 2.75. The quantitative estimate of drug-likeness (QED) is 0.580. The lowest BCUT2D eigenvalue weighted by atomic mass is 9.93. The van der Waals surface area contributed by atoms with Crippen molar-refractivity contribution in [3.63, 3.8) is 0 Å². The molecule has 0 aliphatic carbocycles. The van der Waals surface area contributed by atoms with Crippen LogP contribution in [0.25, 0.3) is 0 Å². The van der Waals surface area contributed by atoms with Gasteiger partial charge < -0.3 is 14.2 Å². The minimum atomic E-state index is -0.826. The van der Waals surface area contributed by atoms with Crippen LogP contribution in [-0.2, 0) is 14.2 Å². The van der Waals surface area contributed by atoms with Crippen LogP contribution < -0.4 is 0 Å². The number of ether oxygens (including phenoxy) is 3. The van der Waals surface area contributed by atoms with Crippen LogP contribution in [0.5, 0.6) is 0 Å². The summed E-state index contributed by atoms with van der Waals surface area (Å²) in [7, 11) is 1.61. The molecule has 0 spiro atoms. The number of hydrogen-bond acceptors (Lipinski definition) is 3. The third-order valence-corrected chi connectivity index (χ3v) is 1.85. The van der Waals surface area contributed by atoms with Gasteiger partial charge >= 0.3 is 0 Å². The molecule has 1 fully saturated rings. The van der Waals surface area contributed by atoms with Crippen LogP contribution in [0.2, 0.25) is 0 Å². The van der Waals surface area contributed by atoms with E-state index in [1.807, 2.05) is 20.8 Å². The van der Waals surface area contributed by atoms with Gasteiger partial charge in [-0.25, -0.2) is 0 Å². The maximum atomic E-state index is 5.41. The van der Waals surface area contributed by atoms with Crippen molar-refractivity contribution in [3.8, 4) is 0 Å². The molecule has 1 aliphatic heterocycles. The molecule has 1 saturated heterocycles. The molecule has 0 aromatic heterocycles. The summed E-state index contributed by atoms with van der Waals surface area (Å²) in [5, 5.41) is 0. The SMILES string of the molecule is COC1(C(C)(C)C)OCCO1. The second kappa shape index (κ2) is 2.73. The van der Waals surface area contributed by atoms with Crippen LogP contribution in [0.4, 0.5) is 0 Å². The van der Waals surface area contributed by atoms with Crippen LogP contribution in [0.15, 0.2) is 0 Å². The summed E-state index contributed by atoms with van der Waals surface area (Å²) < 4.78 is 16.0. The number of hydrogen-bond donors (Lipinski definition) is 0. The summed E-state index contributed by atoms with van der Waals surface area (Å²) in [5.41, 5.74) is -0.141. The first-order valence-corrected chi connectivity index (χ1v) is 3.85. The molecule has 0 unspecified atom stereocenters. The van der Waals surface area contributed by atoms with Gasteiger partial charge in [0.25, 0.3) is 5.97 Å². The second-order valence-corrected chi connectivity index (χ2v) is 3.71. The van der Waals surface area contributed by atoms with Gasteiger partial charge in [-0.15, -0.1) is 0 Å². The highest BCUT2D eigenvalue weighted by Gasteiger charge is 2.48. The lowest BCUT2D eigenvalue weighted by Crippen LogP contribution is -2.45. The van der Waals surface area contributed by atoms with Gasteiger partial charge in [-0.3, -0.25) is 0 Å². The highest BCUT2D eigenvalue weighted by Crippen LogP contribution is 2.38. The third-order valence-electron chi connectivity index (χ3n) is 1.85. The van der Waals surface area contributed by atoms with Crippen LogP contribution in [0, 0.1) is 5.41 Å². The monoisotopic (exact) mass is 160 g/mol. The van der Waals surface area contributed by atoms with Gasteiger partial charge in [0.05, 0.1) is 13.2 Å². The summed E-state index contributed by atoms with van der Waals surface area (Å²) in [6, 6.07) is 0. The molecule has 1 heterocycles. The fourth-order valence-corrected chi connectivity index (χ4v) is 1.25. The number of methoxy groups -OCH3 is 1. The minimum absolute atomic E-state index is 0.141. The van der Waals surface area contributed by atoms with Gasteiger partial charge in [0.1, 0.15) is 0 Å². The summed E-state index contributed by atoms with van der Waals surface area (Å²) in [6.07, 6.45) is 0. The molecule has 0 bridgehead atoms. The molecule has 1 rings (SSSR count). The van der Waals surface area contributed by atoms with E-state index >= 15 is 0 Å². The van der Waals surface area contributed by atoms with E-state index in [0.29, 0.717) is 13.2 Å². The van der Waals surface area contributed by atoms with Crippen molar-refractivity contribution >= 4 is 0 Å².